The van der Waals surface area contributed by atoms with Crippen molar-refractivity contribution in [2.24, 2.45) is 0 Å². The normalized spacial score (nSPS) is 20.3. The molecule has 1 unspecified atom stereocenters. The Morgan fingerprint density at radius 3 is 3.00 bits per heavy atom. The van der Waals surface area contributed by atoms with Crippen LogP contribution in [0.4, 0.5) is 4.39 Å². The topological polar surface area (TPSA) is 32.3 Å². The lowest BCUT2D eigenvalue weighted by Gasteiger charge is -2.30. The van der Waals surface area contributed by atoms with E-state index < -0.39 is 5.82 Å². The van der Waals surface area contributed by atoms with Crippen molar-refractivity contribution in [3.63, 3.8) is 0 Å². The molecule has 3 nitrogen and oxygen atoms in total. The Kier molecular flexibility index (Phi) is 4.19. The van der Waals surface area contributed by atoms with E-state index in [1.165, 1.54) is 6.07 Å². The molecule has 1 amide bonds. The smallest absolute Gasteiger partial charge is 0.222 e. The minimum absolute atomic E-state index is 0.141. The number of carbonyl (C=O) groups excluding carboxylic acids is 1. The first-order valence-electron chi connectivity index (χ1n) is 5.97. The Bertz CT molecular complexity index is 453. The monoisotopic (exact) mass is 270 g/mol. The zero-order valence-corrected chi connectivity index (χ0v) is 11.0. The summed E-state index contributed by atoms with van der Waals surface area (Å²) >= 11 is 5.63. The van der Waals surface area contributed by atoms with Crippen molar-refractivity contribution in [1.29, 1.82) is 0 Å². The van der Waals surface area contributed by atoms with Gasteiger partial charge in [-0.25, -0.2) is 4.39 Å². The minimum Gasteiger partial charge on any atom is -0.344 e. The molecule has 1 aliphatic heterocycles. The summed E-state index contributed by atoms with van der Waals surface area (Å²) in [5, 5.41) is 3.47. The zero-order chi connectivity index (χ0) is 13.1. The van der Waals surface area contributed by atoms with Crippen LogP contribution >= 0.6 is 11.6 Å². The molecular formula is C13H16ClFN2O. The van der Waals surface area contributed by atoms with Crippen LogP contribution in [0.1, 0.15) is 18.4 Å². The van der Waals surface area contributed by atoms with E-state index in [0.29, 0.717) is 19.5 Å². The third kappa shape index (κ3) is 3.21. The molecule has 1 atom stereocenters. The van der Waals surface area contributed by atoms with Crippen LogP contribution in [0.3, 0.4) is 0 Å². The minimum atomic E-state index is -0.396. The maximum atomic E-state index is 13.2. The lowest BCUT2D eigenvalue weighted by Crippen LogP contribution is -2.46. The second-order valence-electron chi connectivity index (χ2n) is 4.64. The molecule has 18 heavy (non-hydrogen) atoms. The zero-order valence-electron chi connectivity index (χ0n) is 10.2. The van der Waals surface area contributed by atoms with E-state index in [-0.39, 0.29) is 17.0 Å². The largest absolute Gasteiger partial charge is 0.344 e. The van der Waals surface area contributed by atoms with Crippen LogP contribution in [-0.2, 0) is 11.3 Å². The highest BCUT2D eigenvalue weighted by molar-refractivity contribution is 6.30. The molecule has 0 aromatic heterocycles. The van der Waals surface area contributed by atoms with Crippen LogP contribution in [-0.4, -0.2) is 30.4 Å². The Morgan fingerprint density at radius 1 is 1.56 bits per heavy atom. The van der Waals surface area contributed by atoms with Gasteiger partial charge in [-0.05, 0) is 24.1 Å². The summed E-state index contributed by atoms with van der Waals surface area (Å²) in [6, 6.07) is 5.07. The highest BCUT2D eigenvalue weighted by Crippen LogP contribution is 2.16. The fraction of sp³-hybridized carbons (Fsp3) is 0.462. The molecule has 0 bridgehead atoms. The summed E-state index contributed by atoms with van der Waals surface area (Å²) in [4.78, 5) is 13.1. The van der Waals surface area contributed by atoms with E-state index in [4.69, 9.17) is 11.6 Å². The molecule has 1 fully saturated rings. The molecule has 1 aliphatic rings. The highest BCUT2D eigenvalue weighted by Gasteiger charge is 2.22. The summed E-state index contributed by atoms with van der Waals surface area (Å²) in [6.45, 7) is 1.29. The Morgan fingerprint density at radius 2 is 2.33 bits per heavy atom. The molecule has 0 spiro atoms. The standard InChI is InChI=1S/C13H16ClFN2O/c1-17-8-10(3-5-13(17)18)16-7-9-2-4-11(14)12(15)6-9/h2,4,6,10,16H,3,5,7-8H2,1H3. The van der Waals surface area contributed by atoms with E-state index >= 15 is 0 Å². The van der Waals surface area contributed by atoms with Crippen molar-refractivity contribution in [2.75, 3.05) is 13.6 Å². The number of likely N-dealkylation sites (tertiary alicyclic amines) is 1. The number of halogens is 2. The van der Waals surface area contributed by atoms with Crippen LogP contribution in [0.2, 0.25) is 5.02 Å². The first-order chi connectivity index (χ1) is 8.56. The van der Waals surface area contributed by atoms with Crippen LogP contribution < -0.4 is 5.32 Å². The summed E-state index contributed by atoms with van der Waals surface area (Å²) < 4.78 is 13.2. The van der Waals surface area contributed by atoms with Gasteiger partial charge >= 0.3 is 0 Å². The average Bonchev–Trinajstić information content (AvgIpc) is 2.35. The quantitative estimate of drug-likeness (QED) is 0.913. The van der Waals surface area contributed by atoms with Crippen molar-refractivity contribution in [3.05, 3.63) is 34.6 Å². The summed E-state index contributed by atoms with van der Waals surface area (Å²) in [7, 11) is 1.80. The maximum absolute atomic E-state index is 13.2. The second kappa shape index (κ2) is 5.67. The van der Waals surface area contributed by atoms with Crippen molar-refractivity contribution >= 4 is 17.5 Å². The van der Waals surface area contributed by atoms with Gasteiger partial charge in [0.15, 0.2) is 0 Å². The van der Waals surface area contributed by atoms with E-state index in [0.717, 1.165) is 12.0 Å². The van der Waals surface area contributed by atoms with E-state index in [1.54, 1.807) is 24.1 Å². The predicted molar refractivity (Wildman–Crippen MR) is 68.9 cm³/mol. The number of hydrogen-bond acceptors (Lipinski definition) is 2. The van der Waals surface area contributed by atoms with Gasteiger partial charge in [0.25, 0.3) is 0 Å². The second-order valence-corrected chi connectivity index (χ2v) is 5.05. The van der Waals surface area contributed by atoms with Gasteiger partial charge in [0.1, 0.15) is 5.82 Å². The number of nitrogens with one attached hydrogen (secondary N) is 1. The van der Waals surface area contributed by atoms with Crippen molar-refractivity contribution < 1.29 is 9.18 Å². The van der Waals surface area contributed by atoms with Crippen LogP contribution in [0.5, 0.6) is 0 Å². The van der Waals surface area contributed by atoms with Crippen LogP contribution in [0.25, 0.3) is 0 Å². The summed E-state index contributed by atoms with van der Waals surface area (Å²) in [6.07, 6.45) is 1.41. The number of nitrogens with zero attached hydrogens (tertiary/aromatic N) is 1. The van der Waals surface area contributed by atoms with Gasteiger partial charge in [-0.3, -0.25) is 4.79 Å². The van der Waals surface area contributed by atoms with Gasteiger partial charge in [-0.2, -0.15) is 0 Å². The third-order valence-electron chi connectivity index (χ3n) is 3.21. The first-order valence-corrected chi connectivity index (χ1v) is 6.35. The van der Waals surface area contributed by atoms with Crippen LogP contribution in [0, 0.1) is 5.82 Å². The SMILES string of the molecule is CN1CC(NCc2ccc(Cl)c(F)c2)CCC1=O. The number of rotatable bonds is 3. The summed E-state index contributed by atoms with van der Waals surface area (Å²) in [5.74, 6) is -0.211. The number of likely N-dealkylation sites (N-methyl/N-ethyl adjacent to an activating group) is 1. The fourth-order valence-corrected chi connectivity index (χ4v) is 2.21. The molecule has 1 aromatic rings. The molecule has 0 saturated carbocycles. The Balaban J connectivity index is 1.88. The molecule has 1 saturated heterocycles. The molecule has 0 radical (unpaired) electrons. The number of amides is 1. The molecule has 1 heterocycles. The number of benzene rings is 1. The predicted octanol–water partition coefficient (Wildman–Crippen LogP) is 2.19. The van der Waals surface area contributed by atoms with Gasteiger partial charge in [0.2, 0.25) is 5.91 Å². The lowest BCUT2D eigenvalue weighted by molar-refractivity contribution is -0.132. The molecule has 2 rings (SSSR count). The highest BCUT2D eigenvalue weighted by atomic mass is 35.5. The third-order valence-corrected chi connectivity index (χ3v) is 3.51. The van der Waals surface area contributed by atoms with Gasteiger partial charge in [-0.1, -0.05) is 17.7 Å². The number of piperidine rings is 1. The van der Waals surface area contributed by atoms with Crippen LogP contribution in [0.15, 0.2) is 18.2 Å². The number of hydrogen-bond donors (Lipinski definition) is 1. The van der Waals surface area contributed by atoms with E-state index in [1.807, 2.05) is 0 Å². The Labute approximate surface area is 111 Å². The Hall–Kier alpha value is -1.13. The first kappa shape index (κ1) is 13.3. The molecule has 5 heteroatoms. The van der Waals surface area contributed by atoms with Crippen molar-refractivity contribution in [1.82, 2.24) is 10.2 Å². The van der Waals surface area contributed by atoms with Gasteiger partial charge in [0, 0.05) is 32.6 Å². The lowest BCUT2D eigenvalue weighted by atomic mass is 10.1. The molecular weight excluding hydrogens is 255 g/mol. The van der Waals surface area contributed by atoms with Crippen molar-refractivity contribution in [2.45, 2.75) is 25.4 Å². The average molecular weight is 271 g/mol. The maximum Gasteiger partial charge on any atom is 0.222 e. The van der Waals surface area contributed by atoms with Gasteiger partial charge in [0.05, 0.1) is 5.02 Å². The van der Waals surface area contributed by atoms with Crippen molar-refractivity contribution in [3.8, 4) is 0 Å². The van der Waals surface area contributed by atoms with Gasteiger partial charge < -0.3 is 10.2 Å². The molecule has 1 aromatic carbocycles. The molecule has 1 N–H and O–H groups in total. The molecule has 0 aliphatic carbocycles. The number of carbonyl (C=O) groups is 1. The summed E-state index contributed by atoms with van der Waals surface area (Å²) in [5.41, 5.74) is 0.858. The fourth-order valence-electron chi connectivity index (χ4n) is 2.09. The van der Waals surface area contributed by atoms with Gasteiger partial charge in [-0.15, -0.1) is 0 Å². The molecule has 98 valence electrons. The van der Waals surface area contributed by atoms with E-state index in [2.05, 4.69) is 5.32 Å². The van der Waals surface area contributed by atoms with E-state index in [9.17, 15) is 9.18 Å².